The van der Waals surface area contributed by atoms with Gasteiger partial charge in [0.2, 0.25) is 0 Å². The Morgan fingerprint density at radius 1 is 1.14 bits per heavy atom. The Bertz CT molecular complexity index is 1040. The molecule has 2 aromatic carbocycles. The molecule has 0 N–H and O–H groups in total. The molecule has 0 aliphatic carbocycles. The van der Waals surface area contributed by atoms with E-state index in [2.05, 4.69) is 0 Å². The lowest BCUT2D eigenvalue weighted by molar-refractivity contribution is 0.0484. The van der Waals surface area contributed by atoms with Crippen molar-refractivity contribution < 1.29 is 18.3 Å². The van der Waals surface area contributed by atoms with E-state index in [0.717, 1.165) is 18.4 Å². The highest BCUT2D eigenvalue weighted by molar-refractivity contribution is 5.93. The second kappa shape index (κ2) is 7.94. The lowest BCUT2D eigenvalue weighted by Gasteiger charge is -2.25. The summed E-state index contributed by atoms with van der Waals surface area (Å²) in [4.78, 5) is 27.1. The van der Waals surface area contributed by atoms with Gasteiger partial charge in [0.05, 0.1) is 11.5 Å². The Morgan fingerprint density at radius 2 is 1.93 bits per heavy atom. The molecule has 1 amide bonds. The van der Waals surface area contributed by atoms with Gasteiger partial charge >= 0.3 is 0 Å². The van der Waals surface area contributed by atoms with Crippen molar-refractivity contribution in [1.29, 1.82) is 0 Å². The Labute approximate surface area is 161 Å². The number of fused-ring (bicyclic) bond motifs is 1. The van der Waals surface area contributed by atoms with Crippen molar-refractivity contribution in [3.63, 3.8) is 0 Å². The number of nitrogens with zero attached hydrogens (tertiary/aromatic N) is 1. The first kappa shape index (κ1) is 18.4. The van der Waals surface area contributed by atoms with Crippen LogP contribution in [-0.2, 0) is 11.3 Å². The van der Waals surface area contributed by atoms with Gasteiger partial charge in [-0.25, -0.2) is 4.39 Å². The van der Waals surface area contributed by atoms with E-state index in [1.54, 1.807) is 41.3 Å². The first-order valence-corrected chi connectivity index (χ1v) is 9.28. The molecule has 0 unspecified atom stereocenters. The van der Waals surface area contributed by atoms with Crippen molar-refractivity contribution in [3.8, 4) is 0 Å². The smallest absolute Gasteiger partial charge is 0.290 e. The third-order valence-electron chi connectivity index (χ3n) is 4.87. The molecule has 0 radical (unpaired) electrons. The Kier molecular flexibility index (Phi) is 5.21. The minimum absolute atomic E-state index is 0.0104. The maximum atomic E-state index is 13.2. The van der Waals surface area contributed by atoms with Crippen LogP contribution in [0.2, 0.25) is 0 Å². The minimum atomic E-state index is -0.386. The van der Waals surface area contributed by atoms with Crippen LogP contribution >= 0.6 is 0 Å². The maximum absolute atomic E-state index is 13.2. The summed E-state index contributed by atoms with van der Waals surface area (Å²) in [6.07, 6.45) is 1.76. The molecular weight excluding hydrogens is 361 g/mol. The molecule has 3 aromatic rings. The number of para-hydroxylation sites is 1. The quantitative estimate of drug-likeness (QED) is 0.675. The van der Waals surface area contributed by atoms with Gasteiger partial charge in [0.1, 0.15) is 11.4 Å². The third kappa shape index (κ3) is 3.97. The molecule has 28 heavy (non-hydrogen) atoms. The standard InChI is InChI=1S/C22H20FNO4/c23-16-9-7-15(8-10-16)13-24(14-17-4-3-11-27-17)22(26)21-12-19(25)18-5-1-2-6-20(18)28-21/h1-2,5-10,12,17H,3-4,11,13-14H2/t17-/m0/s1. The highest BCUT2D eigenvalue weighted by atomic mass is 19.1. The number of benzene rings is 2. The van der Waals surface area contributed by atoms with Crippen molar-refractivity contribution in [2.45, 2.75) is 25.5 Å². The fraction of sp³-hybridized carbons (Fsp3) is 0.273. The first-order valence-electron chi connectivity index (χ1n) is 9.28. The number of amides is 1. The summed E-state index contributed by atoms with van der Waals surface area (Å²) >= 11 is 0. The number of halogens is 1. The van der Waals surface area contributed by atoms with Crippen LogP contribution in [-0.4, -0.2) is 30.1 Å². The molecule has 1 aliphatic heterocycles. The number of hydrogen-bond donors (Lipinski definition) is 0. The molecule has 0 saturated carbocycles. The highest BCUT2D eigenvalue weighted by Gasteiger charge is 2.25. The average Bonchev–Trinajstić information content (AvgIpc) is 3.22. The van der Waals surface area contributed by atoms with Crippen molar-refractivity contribution in [3.05, 3.63) is 82.0 Å². The second-order valence-electron chi connectivity index (χ2n) is 6.92. The van der Waals surface area contributed by atoms with Crippen molar-refractivity contribution in [2.24, 2.45) is 0 Å². The fourth-order valence-electron chi connectivity index (χ4n) is 3.43. The second-order valence-corrected chi connectivity index (χ2v) is 6.92. The van der Waals surface area contributed by atoms with Gasteiger partial charge in [-0.3, -0.25) is 9.59 Å². The summed E-state index contributed by atoms with van der Waals surface area (Å²) in [5.74, 6) is -0.729. The van der Waals surface area contributed by atoms with Crippen molar-refractivity contribution in [1.82, 2.24) is 4.90 Å². The SMILES string of the molecule is O=C(c1cc(=O)c2ccccc2o1)N(Cc1ccc(F)cc1)C[C@@H]1CCCO1. The molecule has 1 fully saturated rings. The van der Waals surface area contributed by atoms with Crippen LogP contribution in [0.25, 0.3) is 11.0 Å². The van der Waals surface area contributed by atoms with E-state index >= 15 is 0 Å². The van der Waals surface area contributed by atoms with Crippen LogP contribution in [0.1, 0.15) is 29.0 Å². The summed E-state index contributed by atoms with van der Waals surface area (Å²) in [6.45, 7) is 1.33. The van der Waals surface area contributed by atoms with Gasteiger partial charge in [-0.05, 0) is 42.7 Å². The number of carbonyl (C=O) groups excluding carboxylic acids is 1. The van der Waals surface area contributed by atoms with E-state index in [1.165, 1.54) is 18.2 Å². The van der Waals surface area contributed by atoms with E-state index in [9.17, 15) is 14.0 Å². The zero-order valence-corrected chi connectivity index (χ0v) is 15.3. The number of rotatable bonds is 5. The predicted molar refractivity (Wildman–Crippen MR) is 103 cm³/mol. The summed E-state index contributed by atoms with van der Waals surface area (Å²) in [5, 5.41) is 0.434. The molecule has 1 aliphatic rings. The molecule has 1 saturated heterocycles. The van der Waals surface area contributed by atoms with Crippen LogP contribution in [0, 0.1) is 5.82 Å². The van der Waals surface area contributed by atoms with Gasteiger partial charge in [-0.1, -0.05) is 24.3 Å². The Hall–Kier alpha value is -2.99. The number of hydrogen-bond acceptors (Lipinski definition) is 4. The molecule has 2 heterocycles. The van der Waals surface area contributed by atoms with Crippen LogP contribution in [0.4, 0.5) is 4.39 Å². The van der Waals surface area contributed by atoms with E-state index in [4.69, 9.17) is 9.15 Å². The summed E-state index contributed by atoms with van der Waals surface area (Å²) in [5.41, 5.74) is 0.900. The zero-order valence-electron chi connectivity index (χ0n) is 15.3. The topological polar surface area (TPSA) is 59.8 Å². The molecule has 0 bridgehead atoms. The summed E-state index contributed by atoms with van der Waals surface area (Å²) < 4.78 is 24.6. The molecule has 1 aromatic heterocycles. The van der Waals surface area contributed by atoms with E-state index in [0.29, 0.717) is 24.1 Å². The van der Waals surface area contributed by atoms with Crippen molar-refractivity contribution >= 4 is 16.9 Å². The largest absolute Gasteiger partial charge is 0.451 e. The molecule has 1 atom stereocenters. The molecule has 4 rings (SSSR count). The van der Waals surface area contributed by atoms with Gasteiger partial charge in [0.15, 0.2) is 11.2 Å². The van der Waals surface area contributed by atoms with E-state index < -0.39 is 0 Å². The minimum Gasteiger partial charge on any atom is -0.451 e. The van der Waals surface area contributed by atoms with Crippen LogP contribution in [0.15, 0.2) is 63.8 Å². The van der Waals surface area contributed by atoms with Gasteiger partial charge in [0.25, 0.3) is 5.91 Å². The van der Waals surface area contributed by atoms with Gasteiger partial charge in [0, 0.05) is 25.8 Å². The molecule has 6 heteroatoms. The normalized spacial score (nSPS) is 16.4. The highest BCUT2D eigenvalue weighted by Crippen LogP contribution is 2.19. The Morgan fingerprint density at radius 3 is 2.68 bits per heavy atom. The van der Waals surface area contributed by atoms with Crippen LogP contribution in [0.5, 0.6) is 0 Å². The number of ether oxygens (including phenoxy) is 1. The van der Waals surface area contributed by atoms with Crippen LogP contribution in [0.3, 0.4) is 0 Å². The number of carbonyl (C=O) groups is 1. The van der Waals surface area contributed by atoms with Crippen molar-refractivity contribution in [2.75, 3.05) is 13.2 Å². The summed E-state index contributed by atoms with van der Waals surface area (Å²) in [6, 6.07) is 14.1. The maximum Gasteiger partial charge on any atom is 0.290 e. The predicted octanol–water partition coefficient (Wildman–Crippen LogP) is 3.75. The first-order chi connectivity index (χ1) is 13.6. The fourth-order valence-corrected chi connectivity index (χ4v) is 3.43. The lowest BCUT2D eigenvalue weighted by atomic mass is 10.1. The van der Waals surface area contributed by atoms with Gasteiger partial charge in [-0.2, -0.15) is 0 Å². The lowest BCUT2D eigenvalue weighted by Crippen LogP contribution is -2.37. The molecular formula is C22H20FNO4. The Balaban J connectivity index is 1.65. The monoisotopic (exact) mass is 381 g/mol. The van der Waals surface area contributed by atoms with Gasteiger partial charge in [-0.15, -0.1) is 0 Å². The molecule has 144 valence electrons. The average molecular weight is 381 g/mol. The molecule has 5 nitrogen and oxygen atoms in total. The van der Waals surface area contributed by atoms with E-state index in [1.807, 2.05) is 0 Å². The van der Waals surface area contributed by atoms with Crippen LogP contribution < -0.4 is 5.43 Å². The summed E-state index contributed by atoms with van der Waals surface area (Å²) in [7, 11) is 0. The zero-order chi connectivity index (χ0) is 19.5. The van der Waals surface area contributed by atoms with E-state index in [-0.39, 0.29) is 35.6 Å². The molecule has 0 spiro atoms. The third-order valence-corrected chi connectivity index (χ3v) is 4.87. The van der Waals surface area contributed by atoms with Gasteiger partial charge < -0.3 is 14.1 Å².